The number of aliphatic carboxylic acids is 1. The first-order valence-electron chi connectivity index (χ1n) is 6.03. The fourth-order valence-electron chi connectivity index (χ4n) is 2.38. The molecule has 20 heavy (non-hydrogen) atoms. The molecule has 0 aliphatic carbocycles. The summed E-state index contributed by atoms with van der Waals surface area (Å²) in [5, 5.41) is 8.68. The van der Waals surface area contributed by atoms with Crippen LogP contribution in [0, 0.1) is 11.8 Å². The number of hydrogen-bond donors (Lipinski definition) is 1. The van der Waals surface area contributed by atoms with Crippen molar-refractivity contribution >= 4 is 17.8 Å². The molecule has 2 saturated heterocycles. The number of hydrogen-bond acceptors (Lipinski definition) is 3. The monoisotopic (exact) mass is 294 g/mol. The third kappa shape index (κ3) is 3.02. The van der Waals surface area contributed by atoms with Crippen LogP contribution in [0.25, 0.3) is 0 Å². The second kappa shape index (κ2) is 4.95. The van der Waals surface area contributed by atoms with Crippen molar-refractivity contribution in [2.45, 2.75) is 12.6 Å². The van der Waals surface area contributed by atoms with Crippen molar-refractivity contribution < 1.29 is 32.7 Å². The van der Waals surface area contributed by atoms with Gasteiger partial charge in [0.05, 0.1) is 11.8 Å². The first-order valence-corrected chi connectivity index (χ1v) is 6.03. The van der Waals surface area contributed by atoms with Gasteiger partial charge in [-0.2, -0.15) is 13.2 Å². The number of carboxylic acid groups (broad SMARTS) is 1. The van der Waals surface area contributed by atoms with Crippen LogP contribution in [-0.2, 0) is 14.4 Å². The number of carbonyl (C=O) groups excluding carboxylic acids is 2. The topological polar surface area (TPSA) is 77.9 Å². The fraction of sp³-hybridized carbons (Fsp3) is 0.727. The molecule has 112 valence electrons. The zero-order chi connectivity index (χ0) is 15.1. The lowest BCUT2D eigenvalue weighted by atomic mass is 9.97. The molecule has 0 aromatic rings. The summed E-state index contributed by atoms with van der Waals surface area (Å²) < 4.78 is 36.7. The number of likely N-dealkylation sites (tertiary alicyclic amines) is 2. The standard InChI is InChI=1S/C11H13F3N2O4/c12-11(13,14)5-16-2-6(1-8(16)17)9(18)15-3-7(4-15)10(19)20/h6-7H,1-5H2,(H,19,20). The highest BCUT2D eigenvalue weighted by Crippen LogP contribution is 2.27. The lowest BCUT2D eigenvalue weighted by molar-refractivity contribution is -0.158. The average molecular weight is 294 g/mol. The maximum absolute atomic E-state index is 12.2. The molecule has 0 spiro atoms. The molecule has 0 aromatic carbocycles. The maximum Gasteiger partial charge on any atom is 0.406 e. The van der Waals surface area contributed by atoms with E-state index in [0.717, 1.165) is 0 Å². The number of alkyl halides is 3. The van der Waals surface area contributed by atoms with Crippen LogP contribution in [0.5, 0.6) is 0 Å². The molecule has 0 saturated carbocycles. The molecule has 2 rings (SSSR count). The lowest BCUT2D eigenvalue weighted by Crippen LogP contribution is -2.55. The van der Waals surface area contributed by atoms with Gasteiger partial charge in [-0.25, -0.2) is 0 Å². The highest BCUT2D eigenvalue weighted by molar-refractivity contribution is 5.90. The Morgan fingerprint density at radius 3 is 2.30 bits per heavy atom. The van der Waals surface area contributed by atoms with E-state index >= 15 is 0 Å². The molecule has 1 N–H and O–H groups in total. The smallest absolute Gasteiger partial charge is 0.406 e. The molecular weight excluding hydrogens is 281 g/mol. The average Bonchev–Trinajstić information content (AvgIpc) is 2.54. The van der Waals surface area contributed by atoms with Crippen molar-refractivity contribution in [3.8, 4) is 0 Å². The van der Waals surface area contributed by atoms with Gasteiger partial charge in [0.25, 0.3) is 0 Å². The van der Waals surface area contributed by atoms with E-state index in [9.17, 15) is 27.6 Å². The summed E-state index contributed by atoms with van der Waals surface area (Å²) in [5.74, 6) is -3.58. The fourth-order valence-corrected chi connectivity index (χ4v) is 2.38. The molecular formula is C11H13F3N2O4. The lowest BCUT2D eigenvalue weighted by Gasteiger charge is -2.38. The van der Waals surface area contributed by atoms with Crippen molar-refractivity contribution in [1.29, 1.82) is 0 Å². The minimum Gasteiger partial charge on any atom is -0.481 e. The van der Waals surface area contributed by atoms with Crippen molar-refractivity contribution in [1.82, 2.24) is 9.80 Å². The molecule has 1 unspecified atom stereocenters. The van der Waals surface area contributed by atoms with E-state index in [1.807, 2.05) is 0 Å². The largest absolute Gasteiger partial charge is 0.481 e. The van der Waals surface area contributed by atoms with Crippen LogP contribution in [0.3, 0.4) is 0 Å². The normalized spacial score (nSPS) is 23.9. The predicted molar refractivity (Wildman–Crippen MR) is 58.4 cm³/mol. The molecule has 0 bridgehead atoms. The molecule has 6 nitrogen and oxygen atoms in total. The quantitative estimate of drug-likeness (QED) is 0.791. The Bertz CT molecular complexity index is 445. The van der Waals surface area contributed by atoms with Crippen molar-refractivity contribution in [3.63, 3.8) is 0 Å². The van der Waals surface area contributed by atoms with Crippen LogP contribution < -0.4 is 0 Å². The predicted octanol–water partition coefficient (Wildman–Crippen LogP) is -0.0598. The Kier molecular flexibility index (Phi) is 3.61. The van der Waals surface area contributed by atoms with Crippen molar-refractivity contribution in [3.05, 3.63) is 0 Å². The van der Waals surface area contributed by atoms with E-state index in [1.165, 1.54) is 4.90 Å². The minimum atomic E-state index is -4.49. The van der Waals surface area contributed by atoms with Gasteiger partial charge in [-0.1, -0.05) is 0 Å². The molecule has 2 heterocycles. The number of carbonyl (C=O) groups is 3. The van der Waals surface area contributed by atoms with E-state index < -0.39 is 42.3 Å². The molecule has 1 atom stereocenters. The summed E-state index contributed by atoms with van der Waals surface area (Å²) in [4.78, 5) is 35.9. The Balaban J connectivity index is 1.88. The number of rotatable bonds is 3. The first kappa shape index (κ1) is 14.6. The van der Waals surface area contributed by atoms with Crippen LogP contribution >= 0.6 is 0 Å². The van der Waals surface area contributed by atoms with E-state index in [4.69, 9.17) is 5.11 Å². The molecule has 0 radical (unpaired) electrons. The van der Waals surface area contributed by atoms with Crippen LogP contribution in [0.15, 0.2) is 0 Å². The van der Waals surface area contributed by atoms with Gasteiger partial charge in [-0.15, -0.1) is 0 Å². The molecule has 9 heteroatoms. The summed E-state index contributed by atoms with van der Waals surface area (Å²) in [5.41, 5.74) is 0. The van der Waals surface area contributed by atoms with Crippen molar-refractivity contribution in [2.24, 2.45) is 11.8 Å². The number of amides is 2. The Labute approximate surface area is 112 Å². The van der Waals surface area contributed by atoms with Crippen LogP contribution in [0.2, 0.25) is 0 Å². The second-order valence-corrected chi connectivity index (χ2v) is 5.07. The first-order chi connectivity index (χ1) is 9.17. The molecule has 2 amide bonds. The third-order valence-corrected chi connectivity index (χ3v) is 3.48. The van der Waals surface area contributed by atoms with E-state index in [-0.39, 0.29) is 26.1 Å². The minimum absolute atomic E-state index is 0.0537. The van der Waals surface area contributed by atoms with Gasteiger partial charge in [-0.05, 0) is 0 Å². The Hall–Kier alpha value is -1.80. The van der Waals surface area contributed by atoms with Gasteiger partial charge in [0.1, 0.15) is 6.54 Å². The number of carboxylic acids is 1. The highest BCUT2D eigenvalue weighted by atomic mass is 19.4. The third-order valence-electron chi connectivity index (χ3n) is 3.48. The summed E-state index contributed by atoms with van der Waals surface area (Å²) in [6, 6.07) is 0. The summed E-state index contributed by atoms with van der Waals surface area (Å²) in [6.45, 7) is -1.50. The van der Waals surface area contributed by atoms with E-state index in [1.54, 1.807) is 0 Å². The SMILES string of the molecule is O=C(O)C1CN(C(=O)C2CC(=O)N(CC(F)(F)F)C2)C1. The zero-order valence-electron chi connectivity index (χ0n) is 10.4. The zero-order valence-corrected chi connectivity index (χ0v) is 10.4. The summed E-state index contributed by atoms with van der Waals surface area (Å²) in [6.07, 6.45) is -4.73. The van der Waals surface area contributed by atoms with E-state index in [0.29, 0.717) is 4.90 Å². The van der Waals surface area contributed by atoms with Gasteiger partial charge >= 0.3 is 12.1 Å². The molecule has 2 aliphatic rings. The van der Waals surface area contributed by atoms with Crippen LogP contribution in [0.4, 0.5) is 13.2 Å². The maximum atomic E-state index is 12.2. The van der Waals surface area contributed by atoms with Gasteiger partial charge in [-0.3, -0.25) is 14.4 Å². The van der Waals surface area contributed by atoms with Gasteiger partial charge in [0.15, 0.2) is 0 Å². The van der Waals surface area contributed by atoms with Gasteiger partial charge in [0.2, 0.25) is 11.8 Å². The van der Waals surface area contributed by atoms with Crippen LogP contribution in [0.1, 0.15) is 6.42 Å². The molecule has 2 aliphatic heterocycles. The second-order valence-electron chi connectivity index (χ2n) is 5.07. The van der Waals surface area contributed by atoms with Gasteiger partial charge < -0.3 is 14.9 Å². The Morgan fingerprint density at radius 1 is 1.20 bits per heavy atom. The number of nitrogens with zero attached hydrogens (tertiary/aromatic N) is 2. The van der Waals surface area contributed by atoms with Crippen LogP contribution in [-0.4, -0.2) is 65.0 Å². The van der Waals surface area contributed by atoms with Crippen molar-refractivity contribution in [2.75, 3.05) is 26.2 Å². The van der Waals surface area contributed by atoms with E-state index in [2.05, 4.69) is 0 Å². The summed E-state index contributed by atoms with van der Waals surface area (Å²) >= 11 is 0. The summed E-state index contributed by atoms with van der Waals surface area (Å²) in [7, 11) is 0. The number of halogens is 3. The molecule has 0 aromatic heterocycles. The highest BCUT2D eigenvalue weighted by Gasteiger charge is 2.44. The van der Waals surface area contributed by atoms with Gasteiger partial charge in [0, 0.05) is 26.1 Å². The molecule has 2 fully saturated rings. The Morgan fingerprint density at radius 2 is 1.80 bits per heavy atom.